The Morgan fingerprint density at radius 3 is 2.71 bits per heavy atom. The predicted molar refractivity (Wildman–Crippen MR) is 107 cm³/mol. The number of thiazole rings is 1. The first-order chi connectivity index (χ1) is 13.7. The number of amides is 2. The predicted octanol–water partition coefficient (Wildman–Crippen LogP) is 3.88. The first-order valence-electron chi connectivity index (χ1n) is 8.88. The average molecular weight is 393 g/mol. The second-order valence-electron chi connectivity index (χ2n) is 6.47. The van der Waals surface area contributed by atoms with Gasteiger partial charge in [0.15, 0.2) is 5.13 Å². The van der Waals surface area contributed by atoms with Gasteiger partial charge in [0.25, 0.3) is 5.91 Å². The van der Waals surface area contributed by atoms with Crippen LogP contribution in [0.4, 0.5) is 5.13 Å². The van der Waals surface area contributed by atoms with Gasteiger partial charge in [-0.1, -0.05) is 30.3 Å². The summed E-state index contributed by atoms with van der Waals surface area (Å²) in [5, 5.41) is 5.16. The monoisotopic (exact) mass is 393 g/mol. The van der Waals surface area contributed by atoms with E-state index in [4.69, 9.17) is 4.74 Å². The third-order valence-electron chi connectivity index (χ3n) is 4.78. The molecule has 0 spiro atoms. The number of benzene rings is 2. The Morgan fingerprint density at radius 1 is 1.25 bits per heavy atom. The number of carbonyl (C=O) groups excluding carboxylic acids is 2. The van der Waals surface area contributed by atoms with E-state index in [-0.39, 0.29) is 24.3 Å². The quantitative estimate of drug-likeness (QED) is 0.690. The number of hydrogen-bond donors (Lipinski definition) is 1. The van der Waals surface area contributed by atoms with E-state index < -0.39 is 0 Å². The van der Waals surface area contributed by atoms with Crippen LogP contribution in [0.25, 0.3) is 0 Å². The van der Waals surface area contributed by atoms with Crippen molar-refractivity contribution in [3.63, 3.8) is 0 Å². The van der Waals surface area contributed by atoms with Crippen LogP contribution >= 0.6 is 11.3 Å². The number of aromatic nitrogens is 1. The maximum Gasteiger partial charge on any atom is 0.255 e. The third-order valence-corrected chi connectivity index (χ3v) is 5.47. The summed E-state index contributed by atoms with van der Waals surface area (Å²) in [5.41, 5.74) is 2.56. The topological polar surface area (TPSA) is 71.5 Å². The third kappa shape index (κ3) is 3.61. The van der Waals surface area contributed by atoms with Crippen molar-refractivity contribution >= 4 is 28.3 Å². The number of nitrogens with zero attached hydrogens (tertiary/aromatic N) is 2. The van der Waals surface area contributed by atoms with Gasteiger partial charge in [0.1, 0.15) is 5.75 Å². The highest BCUT2D eigenvalue weighted by atomic mass is 32.1. The zero-order chi connectivity index (χ0) is 19.5. The maximum absolute atomic E-state index is 13.0. The van der Waals surface area contributed by atoms with Crippen LogP contribution in [0.1, 0.15) is 33.9 Å². The molecule has 1 aromatic heterocycles. The number of carbonyl (C=O) groups is 2. The zero-order valence-corrected chi connectivity index (χ0v) is 16.1. The van der Waals surface area contributed by atoms with Gasteiger partial charge in [-0.3, -0.25) is 9.59 Å². The summed E-state index contributed by atoms with van der Waals surface area (Å²) >= 11 is 1.36. The highest BCUT2D eigenvalue weighted by Crippen LogP contribution is 2.34. The number of nitrogens with one attached hydrogen (secondary N) is 1. The molecule has 2 amide bonds. The molecule has 1 N–H and O–H groups in total. The fourth-order valence-corrected chi connectivity index (χ4v) is 3.94. The van der Waals surface area contributed by atoms with Gasteiger partial charge < -0.3 is 15.0 Å². The molecule has 6 nitrogen and oxygen atoms in total. The van der Waals surface area contributed by atoms with Crippen LogP contribution in [0.3, 0.4) is 0 Å². The van der Waals surface area contributed by atoms with Crippen molar-refractivity contribution in [3.05, 3.63) is 76.8 Å². The summed E-state index contributed by atoms with van der Waals surface area (Å²) in [6, 6.07) is 14.7. The smallest absolute Gasteiger partial charge is 0.255 e. The molecule has 2 heterocycles. The largest absolute Gasteiger partial charge is 0.497 e. The zero-order valence-electron chi connectivity index (χ0n) is 15.3. The van der Waals surface area contributed by atoms with Crippen LogP contribution in [0.15, 0.2) is 60.1 Å². The van der Waals surface area contributed by atoms with E-state index >= 15 is 0 Å². The standard InChI is InChI=1S/C21H19N3O3S/c1-27-16-8-6-14(7-9-16)18(12-19(25)23-21-22-10-11-28-21)24-13-15-4-2-3-5-17(15)20(24)26/h2-11,18H,12-13H2,1H3,(H,22,23,25). The molecular formula is C21H19N3O3S. The molecule has 0 radical (unpaired) electrons. The van der Waals surface area contributed by atoms with Crippen LogP contribution in [0, 0.1) is 0 Å². The average Bonchev–Trinajstić information content (AvgIpc) is 3.34. The Kier molecular flexibility index (Phi) is 5.08. The van der Waals surface area contributed by atoms with Crippen LogP contribution in [0.5, 0.6) is 5.75 Å². The first-order valence-corrected chi connectivity index (χ1v) is 9.76. The normalized spacial score (nSPS) is 13.9. The van der Waals surface area contributed by atoms with E-state index in [2.05, 4.69) is 10.3 Å². The Bertz CT molecular complexity index is 986. The van der Waals surface area contributed by atoms with E-state index in [1.807, 2.05) is 48.5 Å². The molecule has 142 valence electrons. The summed E-state index contributed by atoms with van der Waals surface area (Å²) in [6.45, 7) is 0.482. The minimum Gasteiger partial charge on any atom is -0.497 e. The summed E-state index contributed by atoms with van der Waals surface area (Å²) in [7, 11) is 1.61. The van der Waals surface area contributed by atoms with Crippen LogP contribution in [0.2, 0.25) is 0 Å². The maximum atomic E-state index is 13.0. The van der Waals surface area contributed by atoms with Gasteiger partial charge in [0.2, 0.25) is 5.91 Å². The van der Waals surface area contributed by atoms with E-state index in [1.165, 1.54) is 11.3 Å². The Morgan fingerprint density at radius 2 is 2.04 bits per heavy atom. The number of anilines is 1. The number of hydrogen-bond acceptors (Lipinski definition) is 5. The summed E-state index contributed by atoms with van der Waals surface area (Å²) in [4.78, 5) is 31.5. The van der Waals surface area contributed by atoms with Gasteiger partial charge in [-0.15, -0.1) is 11.3 Å². The lowest BCUT2D eigenvalue weighted by Gasteiger charge is -2.28. The molecule has 0 saturated heterocycles. The fourth-order valence-electron chi connectivity index (χ4n) is 3.39. The Hall–Kier alpha value is -3.19. The highest BCUT2D eigenvalue weighted by molar-refractivity contribution is 7.13. The molecule has 1 atom stereocenters. The van der Waals surface area contributed by atoms with Gasteiger partial charge in [0.05, 0.1) is 19.6 Å². The van der Waals surface area contributed by atoms with E-state index in [0.717, 1.165) is 16.9 Å². The van der Waals surface area contributed by atoms with Crippen molar-refractivity contribution in [1.82, 2.24) is 9.88 Å². The molecule has 1 unspecified atom stereocenters. The van der Waals surface area contributed by atoms with Gasteiger partial charge >= 0.3 is 0 Å². The number of rotatable bonds is 6. The molecule has 4 rings (SSSR count). The molecule has 0 aliphatic carbocycles. The number of ether oxygens (including phenoxy) is 1. The molecule has 1 aliphatic heterocycles. The summed E-state index contributed by atoms with van der Waals surface area (Å²) in [5.74, 6) is 0.490. The van der Waals surface area contributed by atoms with Crippen molar-refractivity contribution in [2.75, 3.05) is 12.4 Å². The first kappa shape index (κ1) is 18.2. The molecule has 3 aromatic rings. The van der Waals surface area contributed by atoms with Crippen molar-refractivity contribution in [1.29, 1.82) is 0 Å². The van der Waals surface area contributed by atoms with Crippen molar-refractivity contribution in [2.24, 2.45) is 0 Å². The van der Waals surface area contributed by atoms with Crippen LogP contribution in [-0.4, -0.2) is 28.8 Å². The summed E-state index contributed by atoms with van der Waals surface area (Å²) in [6.07, 6.45) is 1.79. The Labute approximate surface area is 166 Å². The van der Waals surface area contributed by atoms with Crippen molar-refractivity contribution in [2.45, 2.75) is 19.0 Å². The van der Waals surface area contributed by atoms with Gasteiger partial charge in [-0.25, -0.2) is 4.98 Å². The van der Waals surface area contributed by atoms with Gasteiger partial charge in [-0.2, -0.15) is 0 Å². The second kappa shape index (κ2) is 7.82. The lowest BCUT2D eigenvalue weighted by Crippen LogP contribution is -2.32. The number of fused-ring (bicyclic) bond motifs is 1. The second-order valence-corrected chi connectivity index (χ2v) is 7.36. The van der Waals surface area contributed by atoms with Crippen molar-refractivity contribution in [3.8, 4) is 5.75 Å². The highest BCUT2D eigenvalue weighted by Gasteiger charge is 2.34. The van der Waals surface area contributed by atoms with Crippen LogP contribution < -0.4 is 10.1 Å². The van der Waals surface area contributed by atoms with E-state index in [0.29, 0.717) is 17.2 Å². The molecule has 0 fully saturated rings. The summed E-state index contributed by atoms with van der Waals surface area (Å²) < 4.78 is 5.23. The van der Waals surface area contributed by atoms with E-state index in [9.17, 15) is 9.59 Å². The SMILES string of the molecule is COc1ccc(C(CC(=O)Nc2nccs2)N2Cc3ccccc3C2=O)cc1. The minimum atomic E-state index is -0.384. The molecular weight excluding hydrogens is 374 g/mol. The number of methoxy groups -OCH3 is 1. The molecule has 7 heteroatoms. The molecule has 1 aliphatic rings. The molecule has 0 saturated carbocycles. The molecule has 2 aromatic carbocycles. The molecule has 28 heavy (non-hydrogen) atoms. The minimum absolute atomic E-state index is 0.0570. The van der Waals surface area contributed by atoms with Gasteiger partial charge in [0, 0.05) is 23.7 Å². The van der Waals surface area contributed by atoms with Gasteiger partial charge in [-0.05, 0) is 29.3 Å². The van der Waals surface area contributed by atoms with Crippen molar-refractivity contribution < 1.29 is 14.3 Å². The fraction of sp³-hybridized carbons (Fsp3) is 0.190. The lowest BCUT2D eigenvalue weighted by molar-refractivity contribution is -0.117. The van der Waals surface area contributed by atoms with Crippen LogP contribution in [-0.2, 0) is 11.3 Å². The Balaban J connectivity index is 1.61. The molecule has 0 bridgehead atoms. The van der Waals surface area contributed by atoms with E-state index in [1.54, 1.807) is 23.6 Å². The lowest BCUT2D eigenvalue weighted by atomic mass is 10.0.